The molecular weight excluding hydrogens is 342 g/mol. The van der Waals surface area contributed by atoms with Crippen LogP contribution in [-0.2, 0) is 10.2 Å². The van der Waals surface area contributed by atoms with Crippen LogP contribution in [0.1, 0.15) is 32.8 Å². The van der Waals surface area contributed by atoms with Crippen LogP contribution in [0, 0.1) is 11.3 Å². The van der Waals surface area contributed by atoms with Crippen molar-refractivity contribution in [3.63, 3.8) is 0 Å². The first-order chi connectivity index (χ1) is 13.0. The second-order valence-electron chi connectivity index (χ2n) is 7.33. The number of pyridine rings is 1. The van der Waals surface area contributed by atoms with Crippen LogP contribution in [0.2, 0.25) is 0 Å². The molecule has 140 valence electrons. The van der Waals surface area contributed by atoms with Crippen molar-refractivity contribution in [3.05, 3.63) is 30.1 Å². The molecule has 8 nitrogen and oxygen atoms in total. The Labute approximate surface area is 157 Å². The van der Waals surface area contributed by atoms with E-state index in [0.29, 0.717) is 13.2 Å². The number of morpholine rings is 1. The van der Waals surface area contributed by atoms with E-state index in [0.717, 1.165) is 41.2 Å². The van der Waals surface area contributed by atoms with E-state index in [2.05, 4.69) is 33.2 Å². The predicted molar refractivity (Wildman–Crippen MR) is 102 cm³/mol. The van der Waals surface area contributed by atoms with Crippen LogP contribution >= 0.6 is 0 Å². The Morgan fingerprint density at radius 3 is 3.00 bits per heavy atom. The van der Waals surface area contributed by atoms with Crippen LogP contribution in [-0.4, -0.2) is 50.8 Å². The Morgan fingerprint density at radius 2 is 2.30 bits per heavy atom. The molecule has 3 aromatic rings. The number of aromatic nitrogens is 5. The van der Waals surface area contributed by atoms with E-state index in [9.17, 15) is 5.26 Å². The molecule has 3 aromatic heterocycles. The minimum absolute atomic E-state index is 0.269. The van der Waals surface area contributed by atoms with Crippen molar-refractivity contribution in [2.75, 3.05) is 24.7 Å². The number of H-pyrrole nitrogens is 1. The van der Waals surface area contributed by atoms with Crippen molar-refractivity contribution < 1.29 is 4.74 Å². The number of nitrogens with one attached hydrogen (secondary N) is 1. The largest absolute Gasteiger partial charge is 0.377 e. The van der Waals surface area contributed by atoms with Crippen LogP contribution in [0.25, 0.3) is 16.9 Å². The van der Waals surface area contributed by atoms with Gasteiger partial charge in [0.15, 0.2) is 11.5 Å². The summed E-state index contributed by atoms with van der Waals surface area (Å²) in [4.78, 5) is 7.22. The van der Waals surface area contributed by atoms with Gasteiger partial charge in [0.25, 0.3) is 0 Å². The monoisotopic (exact) mass is 365 g/mol. The lowest BCUT2D eigenvalue weighted by Gasteiger charge is -2.36. The number of nitriles is 1. The molecule has 0 amide bonds. The van der Waals surface area contributed by atoms with Gasteiger partial charge >= 0.3 is 0 Å². The van der Waals surface area contributed by atoms with Crippen LogP contribution < -0.4 is 4.90 Å². The summed E-state index contributed by atoms with van der Waals surface area (Å²) in [5.74, 6) is 1.60. The van der Waals surface area contributed by atoms with E-state index in [1.807, 2.05) is 26.0 Å². The van der Waals surface area contributed by atoms with Gasteiger partial charge in [-0.05, 0) is 31.9 Å². The third-order valence-electron chi connectivity index (χ3n) is 5.19. The third-order valence-corrected chi connectivity index (χ3v) is 5.19. The molecule has 4 rings (SSSR count). The minimum atomic E-state index is -0.661. The van der Waals surface area contributed by atoms with E-state index < -0.39 is 5.41 Å². The lowest BCUT2D eigenvalue weighted by atomic mass is 9.85. The van der Waals surface area contributed by atoms with Gasteiger partial charge in [0.05, 0.1) is 43.1 Å². The fraction of sp³-hybridized carbons (Fsp3) is 0.474. The first-order valence-corrected chi connectivity index (χ1v) is 9.20. The quantitative estimate of drug-likeness (QED) is 0.763. The van der Waals surface area contributed by atoms with Crippen molar-refractivity contribution >= 4 is 16.9 Å². The molecular formula is C19H23N7O. The van der Waals surface area contributed by atoms with E-state index in [1.165, 1.54) is 0 Å². The summed E-state index contributed by atoms with van der Waals surface area (Å²) >= 11 is 0. The summed E-state index contributed by atoms with van der Waals surface area (Å²) in [6.45, 7) is 8.15. The third kappa shape index (κ3) is 2.94. The molecule has 0 bridgehead atoms. The standard InChI is InChI=1S/C19H23N7O/c1-4-13-11-27-8-7-25(13)17-9-15(19(2,3)12-20)14-10-22-26(18(14)23-17)16-5-6-21-24-16/h5-6,9-10,13H,4,7-8,11H2,1-3H3,(H,21,24)/t13-/m1/s1. The zero-order chi connectivity index (χ0) is 19.0. The summed E-state index contributed by atoms with van der Waals surface area (Å²) in [7, 11) is 0. The van der Waals surface area contributed by atoms with Crippen molar-refractivity contribution in [1.82, 2.24) is 25.0 Å². The highest BCUT2D eigenvalue weighted by Gasteiger charge is 2.29. The van der Waals surface area contributed by atoms with Gasteiger partial charge in [0.1, 0.15) is 5.82 Å². The van der Waals surface area contributed by atoms with E-state index >= 15 is 0 Å². The van der Waals surface area contributed by atoms with Crippen LogP contribution in [0.15, 0.2) is 24.5 Å². The number of hydrogen-bond donors (Lipinski definition) is 1. The minimum Gasteiger partial charge on any atom is -0.377 e. The average molecular weight is 365 g/mol. The molecule has 8 heteroatoms. The van der Waals surface area contributed by atoms with Crippen molar-refractivity contribution in [2.24, 2.45) is 0 Å². The summed E-state index contributed by atoms with van der Waals surface area (Å²) in [5, 5.41) is 22.1. The summed E-state index contributed by atoms with van der Waals surface area (Å²) in [5.41, 5.74) is 0.986. The first-order valence-electron chi connectivity index (χ1n) is 9.20. The predicted octanol–water partition coefficient (Wildman–Crippen LogP) is 2.56. The van der Waals surface area contributed by atoms with E-state index in [-0.39, 0.29) is 6.04 Å². The molecule has 1 saturated heterocycles. The Morgan fingerprint density at radius 1 is 1.44 bits per heavy atom. The molecule has 1 aliphatic rings. The molecule has 0 saturated carbocycles. The molecule has 0 unspecified atom stereocenters. The number of rotatable bonds is 4. The maximum Gasteiger partial charge on any atom is 0.167 e. The molecule has 1 aliphatic heterocycles. The number of fused-ring (bicyclic) bond motifs is 1. The van der Waals surface area contributed by atoms with E-state index in [1.54, 1.807) is 17.1 Å². The van der Waals surface area contributed by atoms with Gasteiger partial charge in [0, 0.05) is 18.0 Å². The molecule has 27 heavy (non-hydrogen) atoms. The van der Waals surface area contributed by atoms with Crippen molar-refractivity contribution in [1.29, 1.82) is 5.26 Å². The second kappa shape index (κ2) is 6.67. The van der Waals surface area contributed by atoms with Gasteiger partial charge < -0.3 is 9.64 Å². The van der Waals surface area contributed by atoms with Crippen molar-refractivity contribution in [3.8, 4) is 11.9 Å². The SMILES string of the molecule is CC[C@@H]1COCCN1c1cc(C(C)(C)C#N)c2cnn(-c3ccn[nH]3)c2n1. The number of nitrogens with zero attached hydrogens (tertiary/aromatic N) is 6. The Kier molecular flexibility index (Phi) is 4.32. The highest BCUT2D eigenvalue weighted by atomic mass is 16.5. The Bertz CT molecular complexity index is 984. The first kappa shape index (κ1) is 17.5. The zero-order valence-electron chi connectivity index (χ0n) is 15.8. The molecule has 1 fully saturated rings. The van der Waals surface area contributed by atoms with Gasteiger partial charge in [0.2, 0.25) is 0 Å². The smallest absolute Gasteiger partial charge is 0.167 e. The fourth-order valence-corrected chi connectivity index (χ4v) is 3.55. The number of hydrogen-bond acceptors (Lipinski definition) is 6. The Balaban J connectivity index is 1.94. The molecule has 0 aromatic carbocycles. The highest BCUT2D eigenvalue weighted by Crippen LogP contribution is 2.34. The molecule has 1 N–H and O–H groups in total. The highest BCUT2D eigenvalue weighted by molar-refractivity contribution is 5.84. The average Bonchev–Trinajstić information content (AvgIpc) is 3.36. The number of aromatic amines is 1. The molecule has 0 spiro atoms. The summed E-state index contributed by atoms with van der Waals surface area (Å²) < 4.78 is 7.39. The normalized spacial score (nSPS) is 18.0. The van der Waals surface area contributed by atoms with Gasteiger partial charge in [-0.3, -0.25) is 5.10 Å². The number of ether oxygens (including phenoxy) is 1. The van der Waals surface area contributed by atoms with Gasteiger partial charge in [-0.15, -0.1) is 0 Å². The van der Waals surface area contributed by atoms with Crippen LogP contribution in [0.5, 0.6) is 0 Å². The maximum atomic E-state index is 9.75. The molecule has 0 aliphatic carbocycles. The van der Waals surface area contributed by atoms with E-state index in [4.69, 9.17) is 9.72 Å². The Hall–Kier alpha value is -2.92. The number of anilines is 1. The lowest BCUT2D eigenvalue weighted by molar-refractivity contribution is 0.0926. The zero-order valence-corrected chi connectivity index (χ0v) is 15.8. The molecule has 4 heterocycles. The maximum absolute atomic E-state index is 9.75. The van der Waals surface area contributed by atoms with Crippen LogP contribution in [0.4, 0.5) is 5.82 Å². The van der Waals surface area contributed by atoms with Crippen molar-refractivity contribution in [2.45, 2.75) is 38.6 Å². The van der Waals surface area contributed by atoms with Gasteiger partial charge in [-0.25, -0.2) is 4.98 Å². The van der Waals surface area contributed by atoms with Crippen LogP contribution in [0.3, 0.4) is 0 Å². The lowest BCUT2D eigenvalue weighted by Crippen LogP contribution is -2.45. The molecule has 1 atom stereocenters. The fourth-order valence-electron chi connectivity index (χ4n) is 3.55. The topological polar surface area (TPSA) is 95.6 Å². The van der Waals surface area contributed by atoms with Gasteiger partial charge in [-0.1, -0.05) is 6.92 Å². The summed E-state index contributed by atoms with van der Waals surface area (Å²) in [6.07, 6.45) is 4.43. The molecule has 0 radical (unpaired) electrons. The van der Waals surface area contributed by atoms with Gasteiger partial charge in [-0.2, -0.15) is 20.1 Å². The summed E-state index contributed by atoms with van der Waals surface area (Å²) in [6, 6.07) is 6.58. The second-order valence-corrected chi connectivity index (χ2v) is 7.33.